The van der Waals surface area contributed by atoms with Crippen molar-refractivity contribution >= 4 is 5.95 Å². The molecule has 0 fully saturated rings. The Morgan fingerprint density at radius 1 is 1.29 bits per heavy atom. The van der Waals surface area contributed by atoms with Crippen molar-refractivity contribution in [1.82, 2.24) is 20.0 Å². The Morgan fingerprint density at radius 3 is 2.71 bits per heavy atom. The lowest BCUT2D eigenvalue weighted by molar-refractivity contribution is 0.698. The first-order valence-corrected chi connectivity index (χ1v) is 5.20. The molecule has 0 unspecified atom stereocenters. The number of hydrogen-bond acceptors (Lipinski definition) is 5. The van der Waals surface area contributed by atoms with Gasteiger partial charge in [-0.3, -0.25) is 9.99 Å². The van der Waals surface area contributed by atoms with E-state index in [2.05, 4.69) is 20.8 Å². The highest BCUT2D eigenvalue weighted by Gasteiger charge is 2.01. The van der Waals surface area contributed by atoms with Crippen molar-refractivity contribution < 1.29 is 0 Å². The summed E-state index contributed by atoms with van der Waals surface area (Å²) in [6.07, 6.45) is 1.47. The highest BCUT2D eigenvalue weighted by atomic mass is 16.1. The van der Waals surface area contributed by atoms with Crippen LogP contribution in [0.5, 0.6) is 0 Å². The Hall–Kier alpha value is -2.21. The third kappa shape index (κ3) is 2.88. The topological polar surface area (TPSA) is 71.8 Å². The lowest BCUT2D eigenvalue weighted by Crippen LogP contribution is -2.27. The van der Waals surface area contributed by atoms with E-state index < -0.39 is 0 Å². The van der Waals surface area contributed by atoms with Gasteiger partial charge in [0.05, 0.1) is 6.54 Å². The second-order valence-corrected chi connectivity index (χ2v) is 3.45. The van der Waals surface area contributed by atoms with Crippen molar-refractivity contribution in [2.24, 2.45) is 0 Å². The molecule has 0 amide bonds. The number of anilines is 1. The zero-order valence-corrected chi connectivity index (χ0v) is 9.42. The molecule has 6 nitrogen and oxygen atoms in total. The maximum atomic E-state index is 11.7. The molecule has 0 saturated carbocycles. The molecule has 2 N–H and O–H groups in total. The zero-order chi connectivity index (χ0) is 12.1. The number of nitrogens with one attached hydrogen (secondary N) is 2. The highest BCUT2D eigenvalue weighted by molar-refractivity contribution is 5.19. The summed E-state index contributed by atoms with van der Waals surface area (Å²) in [5.41, 5.74) is 6.01. The molecule has 0 bridgehead atoms. The normalized spacial score (nSPS) is 10.2. The number of hydrogen-bond donors (Lipinski definition) is 2. The monoisotopic (exact) mass is 231 g/mol. The minimum absolute atomic E-state index is 0.266. The summed E-state index contributed by atoms with van der Waals surface area (Å²) in [4.78, 5) is 19.4. The second-order valence-electron chi connectivity index (χ2n) is 3.45. The molecular weight excluding hydrogens is 218 g/mol. The Morgan fingerprint density at radius 2 is 2.06 bits per heavy atom. The van der Waals surface area contributed by atoms with E-state index in [9.17, 15) is 4.79 Å². The van der Waals surface area contributed by atoms with E-state index in [0.717, 1.165) is 5.56 Å². The fourth-order valence-corrected chi connectivity index (χ4v) is 1.42. The van der Waals surface area contributed by atoms with Crippen molar-refractivity contribution in [3.63, 3.8) is 0 Å². The number of rotatable bonds is 4. The van der Waals surface area contributed by atoms with E-state index >= 15 is 0 Å². The summed E-state index contributed by atoms with van der Waals surface area (Å²) in [5, 5.41) is 0. The van der Waals surface area contributed by atoms with Crippen LogP contribution in [0.15, 0.2) is 41.5 Å². The van der Waals surface area contributed by atoms with Gasteiger partial charge >= 0.3 is 5.69 Å². The standard InChI is InChI=1S/C11H13N5O/c1-12-15-10-13-8-16(11(17)14-10)7-9-5-3-2-4-6-9/h2-6,8,12H,7H2,1H3,(H,14,15,17). The minimum Gasteiger partial charge on any atom is -0.290 e. The summed E-state index contributed by atoms with van der Waals surface area (Å²) in [7, 11) is 1.68. The summed E-state index contributed by atoms with van der Waals surface area (Å²) >= 11 is 0. The second kappa shape index (κ2) is 5.22. The predicted molar refractivity (Wildman–Crippen MR) is 64.5 cm³/mol. The molecule has 1 aromatic carbocycles. The molecule has 0 saturated heterocycles. The molecule has 0 aliphatic carbocycles. The fourth-order valence-electron chi connectivity index (χ4n) is 1.42. The fraction of sp³-hybridized carbons (Fsp3) is 0.182. The average Bonchev–Trinajstić information content (AvgIpc) is 2.34. The molecule has 6 heteroatoms. The van der Waals surface area contributed by atoms with Crippen LogP contribution in [0.3, 0.4) is 0 Å². The summed E-state index contributed by atoms with van der Waals surface area (Å²) < 4.78 is 1.45. The van der Waals surface area contributed by atoms with Crippen molar-refractivity contribution in [2.45, 2.75) is 6.54 Å². The minimum atomic E-state index is -0.332. The van der Waals surface area contributed by atoms with Gasteiger partial charge < -0.3 is 0 Å². The SMILES string of the molecule is CNNc1ncn(Cc2ccccc2)c(=O)n1. The van der Waals surface area contributed by atoms with Gasteiger partial charge in [0.25, 0.3) is 0 Å². The summed E-state index contributed by atoms with van der Waals surface area (Å²) in [6.45, 7) is 0.472. The Labute approximate surface area is 98.3 Å². The van der Waals surface area contributed by atoms with Crippen LogP contribution in [-0.2, 0) is 6.54 Å². The van der Waals surface area contributed by atoms with Crippen molar-refractivity contribution in [3.05, 3.63) is 52.7 Å². The number of nitrogens with zero attached hydrogens (tertiary/aromatic N) is 3. The first-order valence-electron chi connectivity index (χ1n) is 5.20. The zero-order valence-electron chi connectivity index (χ0n) is 9.42. The summed E-state index contributed by atoms with van der Waals surface area (Å²) in [5.74, 6) is 0.266. The van der Waals surface area contributed by atoms with Gasteiger partial charge in [-0.1, -0.05) is 30.3 Å². The van der Waals surface area contributed by atoms with E-state index in [0.29, 0.717) is 6.54 Å². The van der Waals surface area contributed by atoms with E-state index in [1.54, 1.807) is 7.05 Å². The van der Waals surface area contributed by atoms with Gasteiger partial charge in [0.15, 0.2) is 0 Å². The van der Waals surface area contributed by atoms with Crippen molar-refractivity contribution in [1.29, 1.82) is 0 Å². The van der Waals surface area contributed by atoms with E-state index in [4.69, 9.17) is 0 Å². The van der Waals surface area contributed by atoms with Crippen LogP contribution in [-0.4, -0.2) is 21.6 Å². The number of hydrazine groups is 1. The maximum absolute atomic E-state index is 11.7. The van der Waals surface area contributed by atoms with Gasteiger partial charge in [-0.2, -0.15) is 4.98 Å². The Kier molecular flexibility index (Phi) is 3.46. The van der Waals surface area contributed by atoms with Gasteiger partial charge in [-0.05, 0) is 5.56 Å². The van der Waals surface area contributed by atoms with Gasteiger partial charge in [-0.25, -0.2) is 15.2 Å². The molecule has 2 aromatic rings. The number of aromatic nitrogens is 3. The van der Waals surface area contributed by atoms with E-state index in [-0.39, 0.29) is 11.6 Å². The predicted octanol–water partition coefficient (Wildman–Crippen LogP) is 0.233. The molecule has 0 aliphatic heterocycles. The van der Waals surface area contributed by atoms with Crippen LogP contribution in [0.2, 0.25) is 0 Å². The smallest absolute Gasteiger partial charge is 0.290 e. The largest absolute Gasteiger partial charge is 0.352 e. The Balaban J connectivity index is 2.20. The van der Waals surface area contributed by atoms with E-state index in [1.807, 2.05) is 30.3 Å². The Bertz CT molecular complexity index is 537. The van der Waals surface area contributed by atoms with Crippen LogP contribution in [0, 0.1) is 0 Å². The van der Waals surface area contributed by atoms with Gasteiger partial charge in [0.1, 0.15) is 6.33 Å². The van der Waals surface area contributed by atoms with Crippen LogP contribution in [0.4, 0.5) is 5.95 Å². The summed E-state index contributed by atoms with van der Waals surface area (Å²) in [6, 6.07) is 9.69. The molecular formula is C11H13N5O. The van der Waals surface area contributed by atoms with Crippen molar-refractivity contribution in [3.8, 4) is 0 Å². The lowest BCUT2D eigenvalue weighted by Gasteiger charge is -2.06. The highest BCUT2D eigenvalue weighted by Crippen LogP contribution is 1.99. The quantitative estimate of drug-likeness (QED) is 0.737. The average molecular weight is 231 g/mol. The maximum Gasteiger partial charge on any atom is 0.352 e. The van der Waals surface area contributed by atoms with Crippen LogP contribution in [0.25, 0.3) is 0 Å². The third-order valence-electron chi connectivity index (χ3n) is 2.20. The lowest BCUT2D eigenvalue weighted by atomic mass is 10.2. The first-order chi connectivity index (χ1) is 8.29. The molecule has 0 atom stereocenters. The molecule has 0 aliphatic rings. The molecule has 1 heterocycles. The van der Waals surface area contributed by atoms with Gasteiger partial charge in [0, 0.05) is 7.05 Å². The van der Waals surface area contributed by atoms with Crippen LogP contribution in [0.1, 0.15) is 5.56 Å². The van der Waals surface area contributed by atoms with Gasteiger partial charge in [0.2, 0.25) is 5.95 Å². The molecule has 2 rings (SSSR count). The first kappa shape index (κ1) is 11.3. The van der Waals surface area contributed by atoms with E-state index in [1.165, 1.54) is 10.9 Å². The molecule has 88 valence electrons. The molecule has 17 heavy (non-hydrogen) atoms. The molecule has 0 spiro atoms. The van der Waals surface area contributed by atoms with Crippen LogP contribution >= 0.6 is 0 Å². The number of benzene rings is 1. The van der Waals surface area contributed by atoms with Crippen molar-refractivity contribution in [2.75, 3.05) is 12.5 Å². The van der Waals surface area contributed by atoms with Gasteiger partial charge in [-0.15, -0.1) is 0 Å². The molecule has 0 radical (unpaired) electrons. The molecule has 1 aromatic heterocycles. The van der Waals surface area contributed by atoms with Crippen LogP contribution < -0.4 is 16.5 Å². The third-order valence-corrected chi connectivity index (χ3v) is 2.20.